The van der Waals surface area contributed by atoms with E-state index in [0.29, 0.717) is 13.2 Å². The van der Waals surface area contributed by atoms with E-state index in [1.54, 1.807) is 0 Å². The molecule has 0 unspecified atom stereocenters. The molecule has 0 fully saturated rings. The predicted molar refractivity (Wildman–Crippen MR) is 167 cm³/mol. The Balaban J connectivity index is 0. The number of rotatable bonds is 27. The summed E-state index contributed by atoms with van der Waals surface area (Å²) >= 11 is 0. The molecule has 0 aliphatic heterocycles. The van der Waals surface area contributed by atoms with E-state index in [1.165, 1.54) is 70.6 Å². The van der Waals surface area contributed by atoms with E-state index in [-0.39, 0.29) is 6.61 Å². The van der Waals surface area contributed by atoms with Gasteiger partial charge in [0.2, 0.25) is 0 Å². The zero-order valence-corrected chi connectivity index (χ0v) is 28.6. The zero-order valence-electron chi connectivity index (χ0n) is 26.9. The molecule has 0 bridgehead atoms. The van der Waals surface area contributed by atoms with Crippen LogP contribution in [0.1, 0.15) is 157 Å². The van der Waals surface area contributed by atoms with Crippen LogP contribution in [0, 0.1) is 17.8 Å². The second-order valence-corrected chi connectivity index (χ2v) is 15.0. The lowest BCUT2D eigenvalue weighted by molar-refractivity contribution is 0.145. The Labute approximate surface area is 247 Å². The zero-order chi connectivity index (χ0) is 30.7. The number of phosphoric ester groups is 2. The summed E-state index contributed by atoms with van der Waals surface area (Å²) in [6.07, 6.45) is 20.2. The van der Waals surface area contributed by atoms with Crippen LogP contribution < -0.4 is 0 Å². The monoisotopic (exact) mass is 616 g/mol. The molecule has 0 rings (SSSR count). The highest BCUT2D eigenvalue weighted by Gasteiger charge is 2.20. The van der Waals surface area contributed by atoms with Crippen molar-refractivity contribution in [1.82, 2.24) is 0 Å². The maximum Gasteiger partial charge on any atom is 0.472 e. The van der Waals surface area contributed by atoms with Gasteiger partial charge < -0.3 is 14.7 Å². The lowest BCUT2D eigenvalue weighted by Crippen LogP contribution is -1.99. The van der Waals surface area contributed by atoms with Crippen LogP contribution in [0.25, 0.3) is 0 Å². The van der Waals surface area contributed by atoms with Crippen molar-refractivity contribution in [3.8, 4) is 0 Å². The summed E-state index contributed by atoms with van der Waals surface area (Å²) in [6.45, 7) is 14.2. The molecule has 0 spiro atoms. The summed E-state index contributed by atoms with van der Waals surface area (Å²) in [4.78, 5) is 26.4. The molecule has 0 atom stereocenters. The number of unbranched alkanes of at least 4 members (excludes halogenated alkanes) is 12. The van der Waals surface area contributed by atoms with Crippen molar-refractivity contribution in [2.24, 2.45) is 17.8 Å². The van der Waals surface area contributed by atoms with Gasteiger partial charge >= 0.3 is 15.6 Å². The van der Waals surface area contributed by atoms with E-state index in [0.717, 1.165) is 62.7 Å². The van der Waals surface area contributed by atoms with Crippen molar-refractivity contribution >= 4 is 15.6 Å². The molecule has 0 amide bonds. The summed E-state index contributed by atoms with van der Waals surface area (Å²) in [5.41, 5.74) is 0. The minimum atomic E-state index is -4.24. The van der Waals surface area contributed by atoms with Gasteiger partial charge in [-0.2, -0.15) is 0 Å². The van der Waals surface area contributed by atoms with Gasteiger partial charge in [0.15, 0.2) is 0 Å². The minimum Gasteiger partial charge on any atom is -0.303 e. The number of hydrogen-bond acceptors (Lipinski definition) is 5. The molecule has 40 heavy (non-hydrogen) atoms. The van der Waals surface area contributed by atoms with Gasteiger partial charge in [0.25, 0.3) is 0 Å². The number of hydrogen-bond donors (Lipinski definition) is 3. The first-order valence-corrected chi connectivity index (χ1v) is 19.1. The van der Waals surface area contributed by atoms with Gasteiger partial charge in [-0.05, 0) is 37.0 Å². The molecule has 0 aromatic rings. The number of phosphoric acid groups is 2. The van der Waals surface area contributed by atoms with Crippen molar-refractivity contribution in [2.75, 3.05) is 19.8 Å². The molecule has 0 aromatic carbocycles. The lowest BCUT2D eigenvalue weighted by Gasteiger charge is -2.12. The van der Waals surface area contributed by atoms with Crippen LogP contribution in [0.3, 0.4) is 0 Å². The molecule has 3 N–H and O–H groups in total. The summed E-state index contributed by atoms with van der Waals surface area (Å²) < 4.78 is 36.5. The Morgan fingerprint density at radius 3 is 0.950 bits per heavy atom. The molecule has 0 aliphatic carbocycles. The maximum atomic E-state index is 11.7. The first-order valence-electron chi connectivity index (χ1n) is 16.1. The van der Waals surface area contributed by atoms with Gasteiger partial charge in [0.1, 0.15) is 0 Å². The Morgan fingerprint density at radius 2 is 0.675 bits per heavy atom. The molecule has 244 valence electrons. The fourth-order valence-electron chi connectivity index (χ4n) is 4.14. The SMILES string of the molecule is CC(C)CCCCCCCOP(=O)(O)O.CC(C)CCCCCCCOP(=O)(O)OCCCCCCCC(C)C. The van der Waals surface area contributed by atoms with E-state index in [2.05, 4.69) is 46.1 Å². The third kappa shape index (κ3) is 40.4. The highest BCUT2D eigenvalue weighted by Crippen LogP contribution is 2.43. The summed E-state index contributed by atoms with van der Waals surface area (Å²) in [5.74, 6) is 2.32. The summed E-state index contributed by atoms with van der Waals surface area (Å²) in [6, 6.07) is 0. The van der Waals surface area contributed by atoms with Crippen molar-refractivity contribution in [1.29, 1.82) is 0 Å². The Morgan fingerprint density at radius 1 is 0.425 bits per heavy atom. The van der Waals surface area contributed by atoms with Gasteiger partial charge in [-0.25, -0.2) is 9.13 Å². The molecular weight excluding hydrogens is 550 g/mol. The molecule has 0 aromatic heterocycles. The topological polar surface area (TPSA) is 123 Å². The average molecular weight is 617 g/mol. The minimum absolute atomic E-state index is 0.161. The van der Waals surface area contributed by atoms with Gasteiger partial charge in [-0.15, -0.1) is 0 Å². The molecular formula is C30H66O8P2. The third-order valence-electron chi connectivity index (χ3n) is 6.55. The van der Waals surface area contributed by atoms with Crippen LogP contribution in [-0.2, 0) is 22.7 Å². The van der Waals surface area contributed by atoms with Crippen LogP contribution in [0.15, 0.2) is 0 Å². The molecule has 0 heterocycles. The van der Waals surface area contributed by atoms with Crippen molar-refractivity contribution < 1.29 is 37.4 Å². The van der Waals surface area contributed by atoms with E-state index < -0.39 is 15.6 Å². The van der Waals surface area contributed by atoms with Crippen LogP contribution in [0.2, 0.25) is 0 Å². The molecule has 0 radical (unpaired) electrons. The molecule has 8 nitrogen and oxygen atoms in total. The smallest absolute Gasteiger partial charge is 0.303 e. The Kier molecular flexibility index (Phi) is 29.7. The molecule has 0 saturated heterocycles. The van der Waals surface area contributed by atoms with Crippen molar-refractivity contribution in [2.45, 2.75) is 157 Å². The fraction of sp³-hybridized carbons (Fsp3) is 1.00. The molecule has 0 saturated carbocycles. The van der Waals surface area contributed by atoms with E-state index in [4.69, 9.17) is 18.8 Å². The highest BCUT2D eigenvalue weighted by molar-refractivity contribution is 7.47. The van der Waals surface area contributed by atoms with Gasteiger partial charge in [-0.3, -0.25) is 13.6 Å². The summed E-state index contributed by atoms with van der Waals surface area (Å²) in [7, 11) is -8.08. The predicted octanol–water partition coefficient (Wildman–Crippen LogP) is 10.2. The average Bonchev–Trinajstić information content (AvgIpc) is 2.83. The van der Waals surface area contributed by atoms with Crippen LogP contribution in [0.5, 0.6) is 0 Å². The van der Waals surface area contributed by atoms with Gasteiger partial charge in [-0.1, -0.05) is 138 Å². The van der Waals surface area contributed by atoms with Crippen molar-refractivity contribution in [3.63, 3.8) is 0 Å². The van der Waals surface area contributed by atoms with Crippen LogP contribution in [-0.4, -0.2) is 34.5 Å². The molecule has 0 aliphatic rings. The third-order valence-corrected chi connectivity index (χ3v) is 8.08. The standard InChI is InChI=1S/C20H43O4P.C10H23O4P/c1-19(2)15-11-7-5-9-13-17-23-25(21,22)24-18-14-10-6-8-12-16-20(3)4;1-10(2)8-6-4-3-5-7-9-14-15(11,12)13/h19-20H,5-18H2,1-4H3,(H,21,22);10H,3-9H2,1-2H3,(H2,11,12,13). The first-order chi connectivity index (χ1) is 18.7. The Bertz CT molecular complexity index is 595. The summed E-state index contributed by atoms with van der Waals surface area (Å²) in [5, 5.41) is 0. The van der Waals surface area contributed by atoms with Gasteiger partial charge in [0, 0.05) is 0 Å². The van der Waals surface area contributed by atoms with Crippen molar-refractivity contribution in [3.05, 3.63) is 0 Å². The normalized spacial score (nSPS) is 12.4. The fourth-order valence-corrected chi connectivity index (χ4v) is 5.30. The lowest BCUT2D eigenvalue weighted by atomic mass is 10.0. The first kappa shape index (κ1) is 42.4. The highest BCUT2D eigenvalue weighted by atomic mass is 31.2. The second kappa shape index (κ2) is 28.0. The largest absolute Gasteiger partial charge is 0.472 e. The quantitative estimate of drug-likeness (QED) is 0.0615. The Hall–Kier alpha value is 0.220. The van der Waals surface area contributed by atoms with Crippen LogP contribution >= 0.6 is 15.6 Å². The molecule has 10 heteroatoms. The maximum absolute atomic E-state index is 11.7. The van der Waals surface area contributed by atoms with E-state index >= 15 is 0 Å². The van der Waals surface area contributed by atoms with Crippen LogP contribution in [0.4, 0.5) is 0 Å². The second-order valence-electron chi connectivity index (χ2n) is 12.3. The van der Waals surface area contributed by atoms with E-state index in [1.807, 2.05) is 0 Å². The van der Waals surface area contributed by atoms with E-state index in [9.17, 15) is 14.0 Å². The van der Waals surface area contributed by atoms with Gasteiger partial charge in [0.05, 0.1) is 19.8 Å².